The van der Waals surface area contributed by atoms with Crippen LogP contribution >= 0.6 is 27.7 Å². The van der Waals surface area contributed by atoms with Gasteiger partial charge in [-0.25, -0.2) is 4.39 Å². The molecule has 0 radical (unpaired) electrons. The first kappa shape index (κ1) is 12.5. The van der Waals surface area contributed by atoms with Crippen LogP contribution in [0.3, 0.4) is 0 Å². The minimum absolute atomic E-state index is 0.268. The molecule has 0 bridgehead atoms. The zero-order valence-corrected chi connectivity index (χ0v) is 10.5. The minimum atomic E-state index is -0.280. The molecule has 2 nitrogen and oxygen atoms in total. The van der Waals surface area contributed by atoms with Crippen LogP contribution in [0.2, 0.25) is 0 Å². The number of hydrogen-bond acceptors (Lipinski definition) is 3. The van der Waals surface area contributed by atoms with Crippen LogP contribution in [0.5, 0.6) is 0 Å². The van der Waals surface area contributed by atoms with Crippen LogP contribution in [0, 0.1) is 5.82 Å². The maximum Gasteiger partial charge on any atom is 0.315 e. The standard InChI is InChI=1S/C10H10BrFO2S/c1-14-10(13)6-15-5-7-2-8(11)4-9(12)3-7/h2-4H,5-6H2,1H3. The molecule has 5 heteroatoms. The van der Waals surface area contributed by atoms with E-state index in [0.29, 0.717) is 10.2 Å². The molecule has 0 N–H and O–H groups in total. The molecule has 0 spiro atoms. The highest BCUT2D eigenvalue weighted by Crippen LogP contribution is 2.19. The molecule has 0 aliphatic carbocycles. The SMILES string of the molecule is COC(=O)CSCc1cc(F)cc(Br)c1. The molecular formula is C10H10BrFO2S. The van der Waals surface area contributed by atoms with Crippen LogP contribution in [0.4, 0.5) is 4.39 Å². The van der Waals surface area contributed by atoms with E-state index in [1.165, 1.54) is 31.0 Å². The Hall–Kier alpha value is -0.550. The zero-order valence-electron chi connectivity index (χ0n) is 8.13. The first-order valence-corrected chi connectivity index (χ1v) is 6.16. The number of carbonyl (C=O) groups excluding carboxylic acids is 1. The Morgan fingerprint density at radius 3 is 2.87 bits per heavy atom. The minimum Gasteiger partial charge on any atom is -0.468 e. The predicted octanol–water partition coefficient (Wildman–Crippen LogP) is 2.99. The van der Waals surface area contributed by atoms with Gasteiger partial charge in [-0.2, -0.15) is 0 Å². The fourth-order valence-electron chi connectivity index (χ4n) is 1.01. The van der Waals surface area contributed by atoms with Crippen molar-refractivity contribution in [3.8, 4) is 0 Å². The van der Waals surface area contributed by atoms with Gasteiger partial charge in [0.15, 0.2) is 0 Å². The van der Waals surface area contributed by atoms with Gasteiger partial charge in [0.05, 0.1) is 12.9 Å². The van der Waals surface area contributed by atoms with E-state index >= 15 is 0 Å². The van der Waals surface area contributed by atoms with Gasteiger partial charge in [-0.3, -0.25) is 4.79 Å². The summed E-state index contributed by atoms with van der Waals surface area (Å²) < 4.78 is 18.1. The van der Waals surface area contributed by atoms with Crippen molar-refractivity contribution >= 4 is 33.7 Å². The molecule has 0 saturated carbocycles. The van der Waals surface area contributed by atoms with Crippen molar-refractivity contribution in [3.63, 3.8) is 0 Å². The lowest BCUT2D eigenvalue weighted by Gasteiger charge is -2.02. The molecule has 0 fully saturated rings. The van der Waals surface area contributed by atoms with E-state index in [4.69, 9.17) is 0 Å². The zero-order chi connectivity index (χ0) is 11.3. The molecule has 1 aromatic rings. The number of esters is 1. The van der Waals surface area contributed by atoms with Gasteiger partial charge < -0.3 is 4.74 Å². The summed E-state index contributed by atoms with van der Waals surface area (Å²) in [6.45, 7) is 0. The van der Waals surface area contributed by atoms with Crippen LogP contribution in [0.15, 0.2) is 22.7 Å². The van der Waals surface area contributed by atoms with Gasteiger partial charge >= 0.3 is 5.97 Å². The first-order chi connectivity index (χ1) is 7.11. The molecule has 0 saturated heterocycles. The monoisotopic (exact) mass is 292 g/mol. The Morgan fingerprint density at radius 1 is 1.53 bits per heavy atom. The quantitative estimate of drug-likeness (QED) is 0.798. The Kier molecular flexibility index (Phi) is 5.11. The van der Waals surface area contributed by atoms with E-state index in [9.17, 15) is 9.18 Å². The normalized spacial score (nSPS) is 10.1. The third kappa shape index (κ3) is 4.66. The second-order valence-corrected chi connectivity index (χ2v) is 4.75. The summed E-state index contributed by atoms with van der Waals surface area (Å²) in [6.07, 6.45) is 0. The molecule has 15 heavy (non-hydrogen) atoms. The van der Waals surface area contributed by atoms with E-state index in [2.05, 4.69) is 20.7 Å². The van der Waals surface area contributed by atoms with E-state index in [1.807, 2.05) is 6.07 Å². The molecule has 0 aromatic heterocycles. The highest BCUT2D eigenvalue weighted by Gasteiger charge is 2.02. The average Bonchev–Trinajstić information content (AvgIpc) is 2.16. The van der Waals surface area contributed by atoms with Gasteiger partial charge in [-0.1, -0.05) is 15.9 Å². The third-order valence-electron chi connectivity index (χ3n) is 1.64. The van der Waals surface area contributed by atoms with Crippen molar-refractivity contribution in [3.05, 3.63) is 34.1 Å². The highest BCUT2D eigenvalue weighted by molar-refractivity contribution is 9.10. The maximum atomic E-state index is 12.9. The number of rotatable bonds is 4. The first-order valence-electron chi connectivity index (χ1n) is 4.21. The number of methoxy groups -OCH3 is 1. The van der Waals surface area contributed by atoms with Crippen molar-refractivity contribution < 1.29 is 13.9 Å². The van der Waals surface area contributed by atoms with E-state index in [-0.39, 0.29) is 17.5 Å². The molecule has 0 aliphatic heterocycles. The summed E-state index contributed by atoms with van der Waals surface area (Å²) in [6, 6.07) is 4.68. The average molecular weight is 293 g/mol. The van der Waals surface area contributed by atoms with Gasteiger partial charge in [-0.15, -0.1) is 11.8 Å². The lowest BCUT2D eigenvalue weighted by Crippen LogP contribution is -2.03. The van der Waals surface area contributed by atoms with Crippen molar-refractivity contribution in [2.24, 2.45) is 0 Å². The fraction of sp³-hybridized carbons (Fsp3) is 0.300. The molecule has 0 unspecified atom stereocenters. The Labute approximate surface area is 100 Å². The fourth-order valence-corrected chi connectivity index (χ4v) is 2.31. The van der Waals surface area contributed by atoms with Crippen LogP contribution in [0.1, 0.15) is 5.56 Å². The predicted molar refractivity (Wildman–Crippen MR) is 62.3 cm³/mol. The highest BCUT2D eigenvalue weighted by atomic mass is 79.9. The smallest absolute Gasteiger partial charge is 0.315 e. The molecule has 0 amide bonds. The van der Waals surface area contributed by atoms with E-state index in [0.717, 1.165) is 5.56 Å². The lowest BCUT2D eigenvalue weighted by molar-refractivity contribution is -0.137. The van der Waals surface area contributed by atoms with Crippen LogP contribution in [0.25, 0.3) is 0 Å². The van der Waals surface area contributed by atoms with Gasteiger partial charge in [0.2, 0.25) is 0 Å². The summed E-state index contributed by atoms with van der Waals surface area (Å²) in [4.78, 5) is 10.8. The van der Waals surface area contributed by atoms with E-state index in [1.54, 1.807) is 0 Å². The molecule has 0 atom stereocenters. The second-order valence-electron chi connectivity index (χ2n) is 2.85. The van der Waals surface area contributed by atoms with Gasteiger partial charge in [0.1, 0.15) is 5.82 Å². The molecule has 0 heterocycles. The third-order valence-corrected chi connectivity index (χ3v) is 3.07. The number of ether oxygens (including phenoxy) is 1. The largest absolute Gasteiger partial charge is 0.468 e. The summed E-state index contributed by atoms with van der Waals surface area (Å²) >= 11 is 4.60. The van der Waals surface area contributed by atoms with E-state index < -0.39 is 0 Å². The Balaban J connectivity index is 2.47. The summed E-state index contributed by atoms with van der Waals surface area (Å²) in [5.74, 6) is 0.323. The molecule has 82 valence electrons. The molecular weight excluding hydrogens is 283 g/mol. The van der Waals surface area contributed by atoms with Gasteiger partial charge in [0, 0.05) is 10.2 Å². The molecule has 1 aromatic carbocycles. The summed E-state index contributed by atoms with van der Waals surface area (Å²) in [5.41, 5.74) is 0.843. The Bertz CT molecular complexity index is 337. The topological polar surface area (TPSA) is 26.3 Å². The molecule has 0 aliphatic rings. The van der Waals surface area contributed by atoms with Gasteiger partial charge in [0.25, 0.3) is 0 Å². The van der Waals surface area contributed by atoms with Crippen molar-refractivity contribution in [1.29, 1.82) is 0 Å². The number of hydrogen-bond donors (Lipinski definition) is 0. The summed E-state index contributed by atoms with van der Waals surface area (Å²) in [5, 5.41) is 0. The number of halogens is 2. The maximum absolute atomic E-state index is 12.9. The second kappa shape index (κ2) is 6.12. The number of carbonyl (C=O) groups is 1. The van der Waals surface area contributed by atoms with Crippen molar-refractivity contribution in [1.82, 2.24) is 0 Å². The Morgan fingerprint density at radius 2 is 2.27 bits per heavy atom. The van der Waals surface area contributed by atoms with Crippen LogP contribution in [-0.4, -0.2) is 18.8 Å². The van der Waals surface area contributed by atoms with Crippen LogP contribution in [-0.2, 0) is 15.3 Å². The van der Waals surface area contributed by atoms with Crippen molar-refractivity contribution in [2.45, 2.75) is 5.75 Å². The van der Waals surface area contributed by atoms with Crippen LogP contribution < -0.4 is 0 Å². The lowest BCUT2D eigenvalue weighted by atomic mass is 10.2. The molecule has 1 rings (SSSR count). The summed E-state index contributed by atoms with van der Waals surface area (Å²) in [7, 11) is 1.35. The van der Waals surface area contributed by atoms with Gasteiger partial charge in [-0.05, 0) is 23.8 Å². The van der Waals surface area contributed by atoms with Crippen molar-refractivity contribution in [2.75, 3.05) is 12.9 Å². The number of benzene rings is 1. The number of thioether (sulfide) groups is 1.